The molecule has 1 aromatic rings. The van der Waals surface area contributed by atoms with Gasteiger partial charge in [0.05, 0.1) is 6.61 Å². The Bertz CT molecular complexity index is 1000. The molecule has 3 aliphatic rings. The Labute approximate surface area is 184 Å². The van der Waals surface area contributed by atoms with E-state index in [9.17, 15) is 18.0 Å². The molecule has 172 valence electrons. The molecule has 1 fully saturated rings. The van der Waals surface area contributed by atoms with Gasteiger partial charge in [0.25, 0.3) is 5.91 Å². The van der Waals surface area contributed by atoms with Crippen LogP contribution in [0.25, 0.3) is 0 Å². The number of hydrogen-bond acceptors (Lipinski definition) is 5. The monoisotopic (exact) mass is 449 g/mol. The van der Waals surface area contributed by atoms with E-state index < -0.39 is 23.9 Å². The van der Waals surface area contributed by atoms with E-state index in [1.54, 1.807) is 18.2 Å². The van der Waals surface area contributed by atoms with Gasteiger partial charge in [-0.3, -0.25) is 9.69 Å². The summed E-state index contributed by atoms with van der Waals surface area (Å²) in [6.07, 6.45) is 5.73. The van der Waals surface area contributed by atoms with Crippen LogP contribution in [0.3, 0.4) is 0 Å². The average Bonchev–Trinajstić information content (AvgIpc) is 3.58. The summed E-state index contributed by atoms with van der Waals surface area (Å²) >= 11 is 0. The number of likely N-dealkylation sites (N-methyl/N-ethyl adjacent to an activating group) is 1. The molecule has 0 aromatic heterocycles. The van der Waals surface area contributed by atoms with Crippen LogP contribution >= 0.6 is 0 Å². The van der Waals surface area contributed by atoms with Crippen LogP contribution in [-0.2, 0) is 26.2 Å². The Hall–Kier alpha value is -2.81. The zero-order chi connectivity index (χ0) is 23.0. The number of guanidine groups is 1. The molecule has 32 heavy (non-hydrogen) atoms. The number of alkyl halides is 2. The highest BCUT2D eigenvalue weighted by Gasteiger charge is 2.53. The molecule has 2 atom stereocenters. The number of halogens is 3. The van der Waals surface area contributed by atoms with Crippen molar-refractivity contribution in [2.45, 2.75) is 37.8 Å². The van der Waals surface area contributed by atoms with Crippen LogP contribution in [0, 0.1) is 17.7 Å². The summed E-state index contributed by atoms with van der Waals surface area (Å²) in [5, 5.41) is 0. The molecular formula is C23H26F3N3O3. The summed E-state index contributed by atoms with van der Waals surface area (Å²) in [6.45, 7) is -2.61. The predicted molar refractivity (Wildman–Crippen MR) is 112 cm³/mol. The highest BCUT2D eigenvalue weighted by Crippen LogP contribution is 2.49. The molecule has 1 unspecified atom stereocenters. The van der Waals surface area contributed by atoms with Crippen molar-refractivity contribution in [3.05, 3.63) is 58.6 Å². The topological polar surface area (TPSA) is 77.2 Å². The minimum absolute atomic E-state index is 0.0535. The summed E-state index contributed by atoms with van der Waals surface area (Å²) < 4.78 is 50.1. The second-order valence-corrected chi connectivity index (χ2v) is 8.33. The first kappa shape index (κ1) is 22.4. The molecule has 4 rings (SSSR count). The number of methoxy groups -OCH3 is 1. The highest BCUT2D eigenvalue weighted by atomic mass is 19.3. The smallest absolute Gasteiger partial charge is 0.387 e. The third-order valence-electron chi connectivity index (χ3n) is 6.32. The second-order valence-electron chi connectivity index (χ2n) is 8.33. The third kappa shape index (κ3) is 3.90. The standard InChI is InChI=1S/C23H26F3N3O3/c1-29-20(30)23(28-22(29)27,15-5-7-18(24)14(11-15)9-10-31-2)16-6-8-19(32-21(25)26)17(12-16)13-3-4-13/h5,7-8,11-13,16,21H,3-4,6,9-10H2,1-2H3,(H2,27,28)/t16?,23-/m0/s1. The lowest BCUT2D eigenvalue weighted by atomic mass is 9.73. The van der Waals surface area contributed by atoms with Gasteiger partial charge in [0, 0.05) is 20.1 Å². The van der Waals surface area contributed by atoms with Crippen LogP contribution in [-0.4, -0.2) is 44.1 Å². The first-order valence-corrected chi connectivity index (χ1v) is 10.6. The minimum Gasteiger partial charge on any atom is -0.435 e. The number of rotatable bonds is 8. The van der Waals surface area contributed by atoms with E-state index in [1.807, 2.05) is 6.08 Å². The van der Waals surface area contributed by atoms with E-state index in [0.717, 1.165) is 12.8 Å². The number of carbonyl (C=O) groups excluding carboxylic acids is 1. The average molecular weight is 449 g/mol. The fourth-order valence-corrected chi connectivity index (χ4v) is 4.48. The molecule has 1 saturated carbocycles. The van der Waals surface area contributed by atoms with Crippen molar-refractivity contribution >= 4 is 11.9 Å². The number of ether oxygens (including phenoxy) is 2. The van der Waals surface area contributed by atoms with Gasteiger partial charge >= 0.3 is 6.61 Å². The molecule has 0 saturated heterocycles. The van der Waals surface area contributed by atoms with Crippen LogP contribution in [0.5, 0.6) is 0 Å². The third-order valence-corrected chi connectivity index (χ3v) is 6.32. The molecule has 0 radical (unpaired) electrons. The van der Waals surface area contributed by atoms with Gasteiger partial charge in [0.1, 0.15) is 11.6 Å². The van der Waals surface area contributed by atoms with Crippen LogP contribution in [0.4, 0.5) is 13.2 Å². The molecule has 9 heteroatoms. The zero-order valence-corrected chi connectivity index (χ0v) is 18.0. The molecule has 0 spiro atoms. The lowest BCUT2D eigenvalue weighted by Crippen LogP contribution is -2.45. The quantitative estimate of drug-likeness (QED) is 0.659. The molecule has 1 aromatic carbocycles. The summed E-state index contributed by atoms with van der Waals surface area (Å²) in [5.74, 6) is -0.910. The highest BCUT2D eigenvalue weighted by molar-refractivity contribution is 6.07. The summed E-state index contributed by atoms with van der Waals surface area (Å²) in [6, 6.07) is 4.48. The van der Waals surface area contributed by atoms with E-state index in [1.165, 1.54) is 25.1 Å². The number of carbonyl (C=O) groups is 1. The largest absolute Gasteiger partial charge is 0.435 e. The van der Waals surface area contributed by atoms with Gasteiger partial charge in [0.2, 0.25) is 0 Å². The van der Waals surface area contributed by atoms with Gasteiger partial charge in [-0.1, -0.05) is 12.1 Å². The molecule has 0 bridgehead atoms. The first-order chi connectivity index (χ1) is 15.3. The summed E-state index contributed by atoms with van der Waals surface area (Å²) in [5.41, 5.74) is 6.19. The van der Waals surface area contributed by atoms with E-state index in [0.29, 0.717) is 29.7 Å². The van der Waals surface area contributed by atoms with Crippen molar-refractivity contribution in [2.75, 3.05) is 20.8 Å². The molecule has 1 amide bonds. The first-order valence-electron chi connectivity index (χ1n) is 10.6. The lowest BCUT2D eigenvalue weighted by molar-refractivity contribution is -0.132. The van der Waals surface area contributed by atoms with E-state index in [4.69, 9.17) is 15.2 Å². The Morgan fingerprint density at radius 3 is 2.69 bits per heavy atom. The van der Waals surface area contributed by atoms with Gasteiger partial charge < -0.3 is 15.2 Å². The van der Waals surface area contributed by atoms with Crippen molar-refractivity contribution in [3.8, 4) is 0 Å². The summed E-state index contributed by atoms with van der Waals surface area (Å²) in [7, 11) is 3.06. The van der Waals surface area contributed by atoms with Gasteiger partial charge in [-0.25, -0.2) is 9.38 Å². The van der Waals surface area contributed by atoms with Gasteiger partial charge in [0.15, 0.2) is 11.5 Å². The predicted octanol–water partition coefficient (Wildman–Crippen LogP) is 3.48. The van der Waals surface area contributed by atoms with E-state index in [-0.39, 0.29) is 30.0 Å². The number of nitrogens with two attached hydrogens (primary N) is 1. The van der Waals surface area contributed by atoms with Crippen molar-refractivity contribution < 1.29 is 27.4 Å². The Morgan fingerprint density at radius 1 is 1.34 bits per heavy atom. The number of allylic oxidation sites excluding steroid dienone is 2. The van der Waals surface area contributed by atoms with Crippen LogP contribution in [0.15, 0.2) is 46.7 Å². The fourth-order valence-electron chi connectivity index (χ4n) is 4.48. The van der Waals surface area contributed by atoms with Crippen LogP contribution in [0.2, 0.25) is 0 Å². The maximum absolute atomic E-state index is 14.4. The maximum atomic E-state index is 14.4. The van der Waals surface area contributed by atoms with Crippen molar-refractivity contribution in [1.29, 1.82) is 0 Å². The Morgan fingerprint density at radius 2 is 2.09 bits per heavy atom. The number of benzene rings is 1. The zero-order valence-electron chi connectivity index (χ0n) is 18.0. The number of hydrogen-bond donors (Lipinski definition) is 1. The number of aliphatic imine (C=N–C) groups is 1. The van der Waals surface area contributed by atoms with Crippen LogP contribution < -0.4 is 5.73 Å². The Balaban J connectivity index is 1.80. The SMILES string of the molecule is COCCc1cc([C@@]2(C3C=C(C4CC4)C(OC(F)F)=CC3)N=C(N)N(C)C2=O)ccc1F. The van der Waals surface area contributed by atoms with E-state index >= 15 is 0 Å². The number of nitrogens with zero attached hydrogens (tertiary/aromatic N) is 2. The van der Waals surface area contributed by atoms with Crippen molar-refractivity contribution in [1.82, 2.24) is 4.90 Å². The summed E-state index contributed by atoms with van der Waals surface area (Å²) in [4.78, 5) is 19.4. The van der Waals surface area contributed by atoms with Gasteiger partial charge in [-0.2, -0.15) is 8.78 Å². The molecule has 6 nitrogen and oxygen atoms in total. The van der Waals surface area contributed by atoms with Crippen molar-refractivity contribution in [2.24, 2.45) is 22.6 Å². The molecule has 1 aliphatic heterocycles. The van der Waals surface area contributed by atoms with Crippen LogP contribution in [0.1, 0.15) is 30.4 Å². The fraction of sp³-hybridized carbons (Fsp3) is 0.478. The molecule has 2 N–H and O–H groups in total. The molecular weight excluding hydrogens is 423 g/mol. The Kier molecular flexibility index (Phi) is 6.03. The number of amides is 1. The van der Waals surface area contributed by atoms with Gasteiger partial charge in [-0.15, -0.1) is 0 Å². The maximum Gasteiger partial charge on any atom is 0.387 e. The second kappa shape index (κ2) is 8.61. The van der Waals surface area contributed by atoms with Gasteiger partial charge in [-0.05, 0) is 66.5 Å². The molecule has 1 heterocycles. The normalized spacial score (nSPS) is 25.7. The van der Waals surface area contributed by atoms with E-state index in [2.05, 4.69) is 4.99 Å². The lowest BCUT2D eigenvalue weighted by Gasteiger charge is -2.34. The minimum atomic E-state index is -2.93. The van der Waals surface area contributed by atoms with Crippen molar-refractivity contribution in [3.63, 3.8) is 0 Å². The molecule has 2 aliphatic carbocycles.